The highest BCUT2D eigenvalue weighted by Gasteiger charge is 2.08. The fraction of sp³-hybridized carbons (Fsp3) is 0.455. The molecule has 0 saturated heterocycles. The molecule has 0 heterocycles. The molecule has 3 nitrogen and oxygen atoms in total. The van der Waals surface area contributed by atoms with Crippen LogP contribution >= 0.6 is 0 Å². The lowest BCUT2D eigenvalue weighted by Crippen LogP contribution is -2.12. The molecule has 78 valence electrons. The summed E-state index contributed by atoms with van der Waals surface area (Å²) in [5.74, 6) is 0.392. The van der Waals surface area contributed by atoms with Gasteiger partial charge in [0, 0.05) is 6.54 Å². The molecule has 0 aliphatic rings. The highest BCUT2D eigenvalue weighted by Crippen LogP contribution is 2.27. The first kappa shape index (κ1) is 11.0. The molecule has 0 aliphatic carbocycles. The van der Waals surface area contributed by atoms with Crippen molar-refractivity contribution in [3.05, 3.63) is 28.3 Å². The normalized spacial score (nSPS) is 10.6. The minimum absolute atomic E-state index is 0.392. The molecule has 3 heteroatoms. The van der Waals surface area contributed by atoms with Gasteiger partial charge in [0.2, 0.25) is 0 Å². The Hall–Kier alpha value is -1.06. The number of phenols is 1. The molecule has 0 fully saturated rings. The molecule has 0 aromatic heterocycles. The molecule has 0 unspecified atom stereocenters. The van der Waals surface area contributed by atoms with Crippen LogP contribution in [0.1, 0.15) is 22.3 Å². The summed E-state index contributed by atoms with van der Waals surface area (Å²) < 4.78 is 0. The maximum Gasteiger partial charge on any atom is 0.121 e. The molecule has 2 N–H and O–H groups in total. The third kappa shape index (κ3) is 2.05. The Morgan fingerprint density at radius 1 is 1.29 bits per heavy atom. The van der Waals surface area contributed by atoms with E-state index in [1.807, 2.05) is 26.8 Å². The number of hydrogen-bond acceptors (Lipinski definition) is 3. The lowest BCUT2D eigenvalue weighted by Gasteiger charge is -2.12. The number of hydrogen-bond donors (Lipinski definition) is 2. The van der Waals surface area contributed by atoms with Gasteiger partial charge >= 0.3 is 0 Å². The van der Waals surface area contributed by atoms with E-state index in [9.17, 15) is 5.11 Å². The fourth-order valence-electron chi connectivity index (χ4n) is 1.49. The van der Waals surface area contributed by atoms with E-state index in [1.165, 1.54) is 0 Å². The van der Waals surface area contributed by atoms with E-state index in [4.69, 9.17) is 4.84 Å². The third-order valence-electron chi connectivity index (χ3n) is 2.57. The van der Waals surface area contributed by atoms with Gasteiger partial charge in [-0.1, -0.05) is 6.07 Å². The van der Waals surface area contributed by atoms with Crippen LogP contribution in [0.5, 0.6) is 5.75 Å². The molecule has 0 radical (unpaired) electrons. The van der Waals surface area contributed by atoms with Crippen molar-refractivity contribution in [3.8, 4) is 5.75 Å². The second kappa shape index (κ2) is 4.44. The van der Waals surface area contributed by atoms with Crippen LogP contribution in [0.15, 0.2) is 6.07 Å². The van der Waals surface area contributed by atoms with Crippen molar-refractivity contribution < 1.29 is 9.94 Å². The Kier molecular flexibility index (Phi) is 3.49. The van der Waals surface area contributed by atoms with Crippen LogP contribution in [0.3, 0.4) is 0 Å². The quantitative estimate of drug-likeness (QED) is 0.724. The Labute approximate surface area is 84.7 Å². The summed E-state index contributed by atoms with van der Waals surface area (Å²) in [5, 5.41) is 9.69. The van der Waals surface area contributed by atoms with Crippen molar-refractivity contribution in [2.24, 2.45) is 0 Å². The molecule has 14 heavy (non-hydrogen) atoms. The van der Waals surface area contributed by atoms with Gasteiger partial charge in [-0.05, 0) is 43.0 Å². The van der Waals surface area contributed by atoms with Crippen molar-refractivity contribution in [1.29, 1.82) is 0 Å². The SMILES string of the molecule is CONCc1cc(C)c(O)c(C)c1C. The average molecular weight is 195 g/mol. The van der Waals surface area contributed by atoms with E-state index in [0.29, 0.717) is 12.3 Å². The maximum atomic E-state index is 9.69. The van der Waals surface area contributed by atoms with Crippen molar-refractivity contribution in [3.63, 3.8) is 0 Å². The molecule has 0 spiro atoms. The van der Waals surface area contributed by atoms with E-state index in [2.05, 4.69) is 5.48 Å². The van der Waals surface area contributed by atoms with Gasteiger partial charge in [0.1, 0.15) is 5.75 Å². The number of phenolic OH excluding ortho intramolecular Hbond substituents is 1. The monoisotopic (exact) mass is 195 g/mol. The van der Waals surface area contributed by atoms with Crippen LogP contribution in [0.4, 0.5) is 0 Å². The van der Waals surface area contributed by atoms with Crippen LogP contribution in [-0.2, 0) is 11.4 Å². The number of hydroxylamine groups is 1. The second-order valence-electron chi connectivity index (χ2n) is 3.48. The number of nitrogens with one attached hydrogen (secondary N) is 1. The van der Waals surface area contributed by atoms with Gasteiger partial charge in [-0.2, -0.15) is 5.48 Å². The lowest BCUT2D eigenvalue weighted by molar-refractivity contribution is 0.0865. The van der Waals surface area contributed by atoms with Crippen LogP contribution in [0.25, 0.3) is 0 Å². The van der Waals surface area contributed by atoms with E-state index in [-0.39, 0.29) is 0 Å². The first-order valence-corrected chi connectivity index (χ1v) is 4.62. The Morgan fingerprint density at radius 2 is 1.93 bits per heavy atom. The van der Waals surface area contributed by atoms with Gasteiger partial charge in [-0.3, -0.25) is 0 Å². The zero-order valence-corrected chi connectivity index (χ0v) is 9.14. The van der Waals surface area contributed by atoms with Crippen molar-refractivity contribution in [2.75, 3.05) is 7.11 Å². The first-order chi connectivity index (χ1) is 6.57. The highest BCUT2D eigenvalue weighted by molar-refractivity contribution is 5.47. The van der Waals surface area contributed by atoms with Crippen LogP contribution in [0, 0.1) is 20.8 Å². The first-order valence-electron chi connectivity index (χ1n) is 4.62. The van der Waals surface area contributed by atoms with Gasteiger partial charge in [-0.25, -0.2) is 0 Å². The fourth-order valence-corrected chi connectivity index (χ4v) is 1.49. The summed E-state index contributed by atoms with van der Waals surface area (Å²) in [6, 6.07) is 1.98. The summed E-state index contributed by atoms with van der Waals surface area (Å²) in [5.41, 5.74) is 6.91. The molecule has 0 saturated carbocycles. The van der Waals surface area contributed by atoms with Gasteiger partial charge in [0.05, 0.1) is 7.11 Å². The number of benzene rings is 1. The number of aryl methyl sites for hydroxylation is 1. The predicted octanol–water partition coefficient (Wildman–Crippen LogP) is 1.97. The van der Waals surface area contributed by atoms with Gasteiger partial charge in [0.15, 0.2) is 0 Å². The van der Waals surface area contributed by atoms with Crippen molar-refractivity contribution in [1.82, 2.24) is 5.48 Å². The van der Waals surface area contributed by atoms with Crippen LogP contribution in [-0.4, -0.2) is 12.2 Å². The molecule has 0 bridgehead atoms. The predicted molar refractivity (Wildman–Crippen MR) is 56.2 cm³/mol. The zero-order valence-electron chi connectivity index (χ0n) is 9.14. The molecule has 0 atom stereocenters. The molecule has 0 amide bonds. The molecular weight excluding hydrogens is 178 g/mol. The average Bonchev–Trinajstić information content (AvgIpc) is 2.18. The molecular formula is C11H17NO2. The van der Waals surface area contributed by atoms with Crippen LogP contribution < -0.4 is 5.48 Å². The summed E-state index contributed by atoms with van der Waals surface area (Å²) in [6.45, 7) is 6.48. The van der Waals surface area contributed by atoms with Gasteiger partial charge in [-0.15, -0.1) is 0 Å². The minimum atomic E-state index is 0.392. The third-order valence-corrected chi connectivity index (χ3v) is 2.57. The molecule has 1 rings (SSSR count). The van der Waals surface area contributed by atoms with E-state index < -0.39 is 0 Å². The topological polar surface area (TPSA) is 41.5 Å². The highest BCUT2D eigenvalue weighted by atomic mass is 16.6. The second-order valence-corrected chi connectivity index (χ2v) is 3.48. The maximum absolute atomic E-state index is 9.69. The Bertz CT molecular complexity index is 335. The molecule has 0 aliphatic heterocycles. The Morgan fingerprint density at radius 3 is 2.50 bits per heavy atom. The van der Waals surface area contributed by atoms with Crippen LogP contribution in [0.2, 0.25) is 0 Å². The number of rotatable bonds is 3. The summed E-state index contributed by atoms with van der Waals surface area (Å²) in [6.07, 6.45) is 0. The smallest absolute Gasteiger partial charge is 0.121 e. The van der Waals surface area contributed by atoms with Crippen molar-refractivity contribution >= 4 is 0 Å². The minimum Gasteiger partial charge on any atom is -0.507 e. The standard InChI is InChI=1S/C11H17NO2/c1-7-5-10(6-12-14-4)8(2)9(3)11(7)13/h5,12-13H,6H2,1-4H3. The van der Waals surface area contributed by atoms with E-state index in [0.717, 1.165) is 22.3 Å². The zero-order chi connectivity index (χ0) is 10.7. The van der Waals surface area contributed by atoms with Gasteiger partial charge in [0.25, 0.3) is 0 Å². The largest absolute Gasteiger partial charge is 0.507 e. The summed E-state index contributed by atoms with van der Waals surface area (Å²) >= 11 is 0. The van der Waals surface area contributed by atoms with E-state index in [1.54, 1.807) is 7.11 Å². The van der Waals surface area contributed by atoms with Crippen molar-refractivity contribution in [2.45, 2.75) is 27.3 Å². The molecule has 1 aromatic carbocycles. The number of aromatic hydroxyl groups is 1. The molecule has 1 aromatic rings. The summed E-state index contributed by atoms with van der Waals surface area (Å²) in [7, 11) is 1.59. The van der Waals surface area contributed by atoms with E-state index >= 15 is 0 Å². The lowest BCUT2D eigenvalue weighted by atomic mass is 9.99. The Balaban J connectivity index is 3.06. The van der Waals surface area contributed by atoms with Gasteiger partial charge < -0.3 is 9.94 Å². The summed E-state index contributed by atoms with van der Waals surface area (Å²) in [4.78, 5) is 4.80.